The molecule has 0 aliphatic heterocycles. The number of nitrogens with one attached hydrogen (secondary N) is 1. The number of carbonyl (C=O) groups excluding carboxylic acids is 1. The number of fused-ring (bicyclic) bond motifs is 1. The Morgan fingerprint density at radius 1 is 1.24 bits per heavy atom. The van der Waals surface area contributed by atoms with Gasteiger partial charge < -0.3 is 10.1 Å². The van der Waals surface area contributed by atoms with Crippen molar-refractivity contribution in [3.63, 3.8) is 0 Å². The summed E-state index contributed by atoms with van der Waals surface area (Å²) in [6, 6.07) is 13.7. The highest BCUT2D eigenvalue weighted by Gasteiger charge is 2.43. The van der Waals surface area contributed by atoms with Crippen molar-refractivity contribution in [3.05, 3.63) is 60.0 Å². The zero-order valence-corrected chi connectivity index (χ0v) is 14.1. The fourth-order valence-electron chi connectivity index (χ4n) is 2.98. The molecule has 1 aliphatic rings. The third kappa shape index (κ3) is 3.39. The molecule has 25 heavy (non-hydrogen) atoms. The van der Waals surface area contributed by atoms with Crippen molar-refractivity contribution in [2.75, 3.05) is 11.9 Å². The molecule has 0 unspecified atom stereocenters. The summed E-state index contributed by atoms with van der Waals surface area (Å²) in [5.74, 6) is 0.918. The molecule has 1 aromatic carbocycles. The minimum Gasteiger partial charge on any atom is -0.378 e. The summed E-state index contributed by atoms with van der Waals surface area (Å²) in [5.41, 5.74) is 2.77. The Labute approximate surface area is 145 Å². The number of rotatable bonds is 6. The molecule has 6 heteroatoms. The fraction of sp³-hybridized carbons (Fsp3) is 0.316. The zero-order valence-electron chi connectivity index (χ0n) is 14.1. The number of amides is 1. The third-order valence-electron chi connectivity index (χ3n) is 4.42. The molecule has 0 saturated heterocycles. The number of benzene rings is 1. The molecule has 2 heterocycles. The van der Waals surface area contributed by atoms with E-state index in [1.807, 2.05) is 60.0 Å². The zero-order chi connectivity index (χ0) is 17.2. The van der Waals surface area contributed by atoms with Crippen molar-refractivity contribution < 1.29 is 9.53 Å². The van der Waals surface area contributed by atoms with Gasteiger partial charge in [0, 0.05) is 24.9 Å². The van der Waals surface area contributed by atoms with E-state index in [0.717, 1.165) is 29.1 Å². The summed E-state index contributed by atoms with van der Waals surface area (Å²) < 4.78 is 7.44. The molecule has 128 valence electrons. The van der Waals surface area contributed by atoms with E-state index in [0.29, 0.717) is 13.0 Å². The molecule has 2 atom stereocenters. The van der Waals surface area contributed by atoms with E-state index in [4.69, 9.17) is 4.74 Å². The summed E-state index contributed by atoms with van der Waals surface area (Å²) in [5, 5.41) is 11.4. The normalized spacial score (nSPS) is 19.1. The average molecular weight is 336 g/mol. The van der Waals surface area contributed by atoms with Crippen LogP contribution in [0.2, 0.25) is 0 Å². The Kier molecular flexibility index (Phi) is 4.19. The van der Waals surface area contributed by atoms with Crippen LogP contribution in [-0.4, -0.2) is 33.2 Å². The molecule has 2 aromatic heterocycles. The molecule has 1 fully saturated rings. The highest BCUT2D eigenvalue weighted by Crippen LogP contribution is 2.34. The second kappa shape index (κ2) is 6.64. The van der Waals surface area contributed by atoms with Crippen LogP contribution < -0.4 is 5.32 Å². The number of pyridine rings is 1. The van der Waals surface area contributed by atoms with Crippen molar-refractivity contribution in [1.29, 1.82) is 0 Å². The summed E-state index contributed by atoms with van der Waals surface area (Å²) in [4.78, 5) is 12.1. The second-order valence-corrected chi connectivity index (χ2v) is 6.24. The number of hydrogen-bond donors (Lipinski definition) is 1. The van der Waals surface area contributed by atoms with Gasteiger partial charge in [0.2, 0.25) is 5.91 Å². The molecule has 1 N–H and O–H groups in total. The van der Waals surface area contributed by atoms with Crippen LogP contribution in [0.3, 0.4) is 0 Å². The predicted molar refractivity (Wildman–Crippen MR) is 94.4 cm³/mol. The first-order valence-electron chi connectivity index (χ1n) is 8.54. The summed E-state index contributed by atoms with van der Waals surface area (Å²) in [6.07, 6.45) is 3.56. The molecule has 1 aliphatic carbocycles. The van der Waals surface area contributed by atoms with Crippen molar-refractivity contribution >= 4 is 17.2 Å². The van der Waals surface area contributed by atoms with E-state index in [1.54, 1.807) is 0 Å². The first-order chi connectivity index (χ1) is 12.2. The van der Waals surface area contributed by atoms with E-state index in [2.05, 4.69) is 15.5 Å². The van der Waals surface area contributed by atoms with Crippen molar-refractivity contribution in [1.82, 2.24) is 14.6 Å². The molecular weight excluding hydrogens is 316 g/mol. The largest absolute Gasteiger partial charge is 0.378 e. The number of carbonyl (C=O) groups is 1. The van der Waals surface area contributed by atoms with Crippen molar-refractivity contribution in [2.45, 2.75) is 25.9 Å². The van der Waals surface area contributed by atoms with Crippen molar-refractivity contribution in [3.8, 4) is 0 Å². The number of ether oxygens (including phenoxy) is 1. The molecule has 0 radical (unpaired) electrons. The lowest BCUT2D eigenvalue weighted by atomic mass is 10.1. The Bertz CT molecular complexity index is 888. The van der Waals surface area contributed by atoms with Gasteiger partial charge in [-0.1, -0.05) is 18.2 Å². The monoisotopic (exact) mass is 336 g/mol. The lowest BCUT2D eigenvalue weighted by Gasteiger charge is -2.06. The molecule has 6 nitrogen and oxygen atoms in total. The number of aromatic nitrogens is 3. The maximum absolute atomic E-state index is 12.1. The third-order valence-corrected chi connectivity index (χ3v) is 4.42. The van der Waals surface area contributed by atoms with Gasteiger partial charge in [-0.15, -0.1) is 10.2 Å². The first-order valence-corrected chi connectivity index (χ1v) is 8.54. The van der Waals surface area contributed by atoms with Gasteiger partial charge in [0.1, 0.15) is 5.82 Å². The van der Waals surface area contributed by atoms with Crippen LogP contribution in [0.5, 0.6) is 0 Å². The quantitative estimate of drug-likeness (QED) is 0.751. The molecule has 3 aromatic rings. The highest BCUT2D eigenvalue weighted by atomic mass is 16.5. The van der Waals surface area contributed by atoms with Crippen LogP contribution >= 0.6 is 0 Å². The van der Waals surface area contributed by atoms with Gasteiger partial charge in [0.15, 0.2) is 5.65 Å². The van der Waals surface area contributed by atoms with Crippen LogP contribution in [0.1, 0.15) is 24.7 Å². The maximum Gasteiger partial charge on any atom is 0.230 e. The Morgan fingerprint density at radius 3 is 2.88 bits per heavy atom. The van der Waals surface area contributed by atoms with Crippen molar-refractivity contribution in [2.24, 2.45) is 5.92 Å². The van der Waals surface area contributed by atoms with E-state index >= 15 is 0 Å². The SMILES string of the molecule is CCO[C@@H]1C[C@@H]1C(=O)Nc1ccc(Cc2nnc3ccccn23)cc1. The molecule has 0 bridgehead atoms. The van der Waals surface area contributed by atoms with E-state index in [9.17, 15) is 4.79 Å². The maximum atomic E-state index is 12.1. The molecule has 4 rings (SSSR count). The van der Waals surface area contributed by atoms with Crippen LogP contribution in [0.15, 0.2) is 48.7 Å². The Morgan fingerprint density at radius 2 is 2.08 bits per heavy atom. The summed E-state index contributed by atoms with van der Waals surface area (Å²) in [7, 11) is 0. The standard InChI is InChI=1S/C19H20N4O2/c1-2-25-16-12-15(16)19(24)20-14-8-6-13(7-9-14)11-18-22-21-17-5-3-4-10-23(17)18/h3-10,15-16H,2,11-12H2,1H3,(H,20,24)/t15-,16+/m0/s1. The fourth-order valence-corrected chi connectivity index (χ4v) is 2.98. The second-order valence-electron chi connectivity index (χ2n) is 6.24. The lowest BCUT2D eigenvalue weighted by Crippen LogP contribution is -2.16. The molecule has 1 amide bonds. The van der Waals surface area contributed by atoms with E-state index in [-0.39, 0.29) is 17.9 Å². The molecule has 0 spiro atoms. The molecule has 1 saturated carbocycles. The highest BCUT2D eigenvalue weighted by molar-refractivity contribution is 5.94. The average Bonchev–Trinajstić information content (AvgIpc) is 3.29. The van der Waals surface area contributed by atoms with Gasteiger partial charge in [-0.2, -0.15) is 0 Å². The van der Waals surface area contributed by atoms with E-state index in [1.165, 1.54) is 0 Å². The summed E-state index contributed by atoms with van der Waals surface area (Å²) in [6.45, 7) is 2.60. The lowest BCUT2D eigenvalue weighted by molar-refractivity contribution is -0.118. The minimum atomic E-state index is -0.0121. The number of nitrogens with zero attached hydrogens (tertiary/aromatic N) is 3. The number of anilines is 1. The smallest absolute Gasteiger partial charge is 0.230 e. The van der Waals surface area contributed by atoms with Gasteiger partial charge in [-0.25, -0.2) is 0 Å². The number of hydrogen-bond acceptors (Lipinski definition) is 4. The Balaban J connectivity index is 1.40. The summed E-state index contributed by atoms with van der Waals surface area (Å²) >= 11 is 0. The topological polar surface area (TPSA) is 68.5 Å². The van der Waals surface area contributed by atoms with Gasteiger partial charge in [-0.05, 0) is 43.2 Å². The van der Waals surface area contributed by atoms with Gasteiger partial charge >= 0.3 is 0 Å². The van der Waals surface area contributed by atoms with Crippen LogP contribution in [0, 0.1) is 5.92 Å². The predicted octanol–water partition coefficient (Wildman–Crippen LogP) is 2.68. The van der Waals surface area contributed by atoms with Crippen LogP contribution in [0.4, 0.5) is 5.69 Å². The van der Waals surface area contributed by atoms with Gasteiger partial charge in [-0.3, -0.25) is 9.20 Å². The van der Waals surface area contributed by atoms with Gasteiger partial charge in [0.05, 0.1) is 12.0 Å². The Hall–Kier alpha value is -2.73. The van der Waals surface area contributed by atoms with Gasteiger partial charge in [0.25, 0.3) is 0 Å². The van der Waals surface area contributed by atoms with Crippen LogP contribution in [-0.2, 0) is 16.0 Å². The van der Waals surface area contributed by atoms with Crippen LogP contribution in [0.25, 0.3) is 5.65 Å². The molecular formula is C19H20N4O2. The first kappa shape index (κ1) is 15.8. The minimum absolute atomic E-state index is 0.0121. The van der Waals surface area contributed by atoms with E-state index < -0.39 is 0 Å².